The van der Waals surface area contributed by atoms with Crippen molar-refractivity contribution in [2.45, 2.75) is 69.1 Å². The average Bonchev–Trinajstić information content (AvgIpc) is 3.26. The molecule has 4 N–H and O–H groups in total. The fraction of sp³-hybridized carbons (Fsp3) is 0.314. The van der Waals surface area contributed by atoms with Gasteiger partial charge in [0.2, 0.25) is 0 Å². The molecular formula is C35H32F6N2O2. The molecule has 0 radical (unpaired) electrons. The van der Waals surface area contributed by atoms with Crippen LogP contribution in [0.25, 0.3) is 0 Å². The second-order valence-corrected chi connectivity index (χ2v) is 13.4. The minimum atomic E-state index is -4.59. The molecule has 0 aliphatic heterocycles. The fourth-order valence-corrected chi connectivity index (χ4v) is 7.40. The normalized spacial score (nSPS) is 17.6. The molecule has 4 nitrogen and oxygen atoms in total. The van der Waals surface area contributed by atoms with E-state index in [4.69, 9.17) is 20.9 Å². The van der Waals surface area contributed by atoms with Crippen LogP contribution in [0.15, 0.2) is 72.8 Å². The molecule has 0 unspecified atom stereocenters. The monoisotopic (exact) mass is 626 g/mol. The summed E-state index contributed by atoms with van der Waals surface area (Å²) in [6.07, 6.45) is -7.71. The van der Waals surface area contributed by atoms with E-state index in [9.17, 15) is 26.3 Å². The van der Waals surface area contributed by atoms with Crippen LogP contribution in [0.3, 0.4) is 0 Å². The highest BCUT2D eigenvalue weighted by molar-refractivity contribution is 5.63. The van der Waals surface area contributed by atoms with Gasteiger partial charge < -0.3 is 20.9 Å². The van der Waals surface area contributed by atoms with Crippen molar-refractivity contribution in [1.82, 2.24) is 0 Å². The quantitative estimate of drug-likeness (QED) is 0.175. The smallest absolute Gasteiger partial charge is 0.416 e. The van der Waals surface area contributed by atoms with Gasteiger partial charge in [0.05, 0.1) is 11.1 Å². The number of alkyl halides is 6. The third-order valence-corrected chi connectivity index (χ3v) is 8.94. The molecule has 236 valence electrons. The zero-order valence-electron chi connectivity index (χ0n) is 25.1. The van der Waals surface area contributed by atoms with Crippen LogP contribution in [0, 0.1) is 0 Å². The maximum Gasteiger partial charge on any atom is 0.416 e. The largest absolute Gasteiger partial charge is 0.457 e. The first kappa shape index (κ1) is 30.7. The third kappa shape index (κ3) is 5.44. The van der Waals surface area contributed by atoms with Crippen molar-refractivity contribution in [3.63, 3.8) is 0 Å². The summed E-state index contributed by atoms with van der Waals surface area (Å²) in [5, 5.41) is 0. The highest BCUT2D eigenvalue weighted by atomic mass is 19.4. The van der Waals surface area contributed by atoms with Gasteiger partial charge in [-0.05, 0) is 94.5 Å². The van der Waals surface area contributed by atoms with Crippen LogP contribution in [0.4, 0.5) is 37.7 Å². The first-order chi connectivity index (χ1) is 20.8. The van der Waals surface area contributed by atoms with Crippen molar-refractivity contribution in [3.8, 4) is 23.0 Å². The van der Waals surface area contributed by atoms with Crippen LogP contribution in [0.1, 0.15) is 73.9 Å². The molecule has 0 amide bonds. The van der Waals surface area contributed by atoms with Crippen molar-refractivity contribution in [3.05, 3.63) is 106 Å². The van der Waals surface area contributed by atoms with E-state index in [0.29, 0.717) is 11.5 Å². The lowest BCUT2D eigenvalue weighted by atomic mass is 9.72. The van der Waals surface area contributed by atoms with Gasteiger partial charge in [0, 0.05) is 28.9 Å². The number of hydrogen-bond donors (Lipinski definition) is 2. The molecule has 10 heteroatoms. The zero-order valence-corrected chi connectivity index (χ0v) is 25.1. The third-order valence-electron chi connectivity index (χ3n) is 8.94. The first-order valence-electron chi connectivity index (χ1n) is 14.4. The van der Waals surface area contributed by atoms with E-state index in [-0.39, 0.29) is 33.7 Å². The molecule has 2 aliphatic rings. The van der Waals surface area contributed by atoms with Gasteiger partial charge in [-0.25, -0.2) is 0 Å². The lowest BCUT2D eigenvalue weighted by Crippen LogP contribution is -2.27. The predicted octanol–water partition coefficient (Wildman–Crippen LogP) is 10.1. The van der Waals surface area contributed by atoms with Crippen LogP contribution in [-0.4, -0.2) is 0 Å². The Morgan fingerprint density at radius 1 is 0.511 bits per heavy atom. The van der Waals surface area contributed by atoms with Gasteiger partial charge >= 0.3 is 12.4 Å². The molecule has 2 aliphatic carbocycles. The lowest BCUT2D eigenvalue weighted by molar-refractivity contribution is -0.138. The van der Waals surface area contributed by atoms with Gasteiger partial charge in [0.15, 0.2) is 0 Å². The Morgan fingerprint density at radius 3 is 1.24 bits per heavy atom. The minimum Gasteiger partial charge on any atom is -0.457 e. The van der Waals surface area contributed by atoms with Crippen molar-refractivity contribution < 1.29 is 35.8 Å². The average molecular weight is 627 g/mol. The van der Waals surface area contributed by atoms with Crippen molar-refractivity contribution in [2.24, 2.45) is 0 Å². The highest BCUT2D eigenvalue weighted by Crippen LogP contribution is 2.63. The molecule has 4 aromatic rings. The van der Waals surface area contributed by atoms with E-state index >= 15 is 0 Å². The van der Waals surface area contributed by atoms with Crippen LogP contribution in [-0.2, 0) is 28.6 Å². The number of benzene rings is 4. The summed E-state index contributed by atoms with van der Waals surface area (Å²) in [7, 11) is 0. The number of ether oxygens (including phenoxy) is 2. The lowest BCUT2D eigenvalue weighted by Gasteiger charge is -2.30. The summed E-state index contributed by atoms with van der Waals surface area (Å²) in [6, 6.07) is 17.4. The number of hydrogen-bond acceptors (Lipinski definition) is 4. The molecule has 0 saturated heterocycles. The Hall–Kier alpha value is -4.34. The Labute approximate surface area is 257 Å². The number of nitrogen functional groups attached to an aromatic ring is 2. The Morgan fingerprint density at radius 2 is 0.889 bits per heavy atom. The molecular weight excluding hydrogens is 594 g/mol. The highest BCUT2D eigenvalue weighted by Gasteiger charge is 2.56. The number of halogens is 6. The van der Waals surface area contributed by atoms with E-state index in [1.807, 2.05) is 24.3 Å². The summed E-state index contributed by atoms with van der Waals surface area (Å²) < 4.78 is 92.7. The molecule has 6 rings (SSSR count). The summed E-state index contributed by atoms with van der Waals surface area (Å²) in [5.41, 5.74) is 12.7. The van der Waals surface area contributed by atoms with Gasteiger partial charge in [-0.15, -0.1) is 0 Å². The molecule has 1 spiro atoms. The van der Waals surface area contributed by atoms with E-state index in [0.717, 1.165) is 59.4 Å². The van der Waals surface area contributed by atoms with Gasteiger partial charge in [-0.2, -0.15) is 26.3 Å². The number of nitrogens with two attached hydrogens (primary N) is 2. The summed E-state index contributed by atoms with van der Waals surface area (Å²) in [4.78, 5) is 0. The molecule has 0 saturated carbocycles. The van der Waals surface area contributed by atoms with Crippen LogP contribution >= 0.6 is 0 Å². The second kappa shape index (κ2) is 9.83. The Kier molecular flexibility index (Phi) is 6.70. The van der Waals surface area contributed by atoms with Crippen molar-refractivity contribution in [2.75, 3.05) is 11.5 Å². The van der Waals surface area contributed by atoms with Gasteiger partial charge in [-0.3, -0.25) is 0 Å². The molecule has 4 aromatic carbocycles. The molecule has 0 fully saturated rings. The van der Waals surface area contributed by atoms with E-state index in [1.54, 1.807) is 12.1 Å². The molecule has 0 atom stereocenters. The Bertz CT molecular complexity index is 1690. The van der Waals surface area contributed by atoms with Gasteiger partial charge in [-0.1, -0.05) is 39.8 Å². The maximum absolute atomic E-state index is 13.5. The summed E-state index contributed by atoms with van der Waals surface area (Å²) in [5.74, 6) is 0.666. The van der Waals surface area contributed by atoms with E-state index in [1.165, 1.54) is 12.1 Å². The van der Waals surface area contributed by atoms with Gasteiger partial charge in [0.1, 0.15) is 23.0 Å². The molecule has 0 aromatic heterocycles. The predicted molar refractivity (Wildman–Crippen MR) is 161 cm³/mol. The van der Waals surface area contributed by atoms with Crippen LogP contribution in [0.5, 0.6) is 23.0 Å². The molecule has 45 heavy (non-hydrogen) atoms. The van der Waals surface area contributed by atoms with Gasteiger partial charge in [0.25, 0.3) is 0 Å². The standard InChI is InChI=1S/C35H32F6N2O2/c1-31(2)17-33(29-15-23(5-7-27(29)31)44-25-11-19(34(36,37)38)9-21(42)13-25)18-32(3,4)28-8-6-24(16-30(28)33)45-26-12-20(35(39,40)41)10-22(43)14-26/h5-16H,17-18,42-43H2,1-4H3. The van der Waals surface area contributed by atoms with E-state index < -0.39 is 28.9 Å². The first-order valence-corrected chi connectivity index (χ1v) is 14.4. The maximum atomic E-state index is 13.5. The molecule has 0 heterocycles. The number of anilines is 2. The van der Waals surface area contributed by atoms with Crippen LogP contribution < -0.4 is 20.9 Å². The number of rotatable bonds is 4. The minimum absolute atomic E-state index is 0.0308. The van der Waals surface area contributed by atoms with E-state index in [2.05, 4.69) is 27.7 Å². The summed E-state index contributed by atoms with van der Waals surface area (Å²) >= 11 is 0. The SMILES string of the molecule is CC1(C)CC2(CC(C)(C)c3ccc(Oc4cc(N)cc(C(F)(F)F)c4)cc32)c2cc(Oc3cc(N)cc(C(F)(F)F)c3)ccc21. The Balaban J connectivity index is 1.43. The molecule has 0 bridgehead atoms. The topological polar surface area (TPSA) is 70.5 Å². The number of fused-ring (bicyclic) bond motifs is 4. The zero-order chi connectivity index (χ0) is 32.7. The van der Waals surface area contributed by atoms with Crippen molar-refractivity contribution in [1.29, 1.82) is 0 Å². The second-order valence-electron chi connectivity index (χ2n) is 13.4. The van der Waals surface area contributed by atoms with Crippen molar-refractivity contribution >= 4 is 11.4 Å². The summed E-state index contributed by atoms with van der Waals surface area (Å²) in [6.45, 7) is 8.58. The van der Waals surface area contributed by atoms with Crippen LogP contribution in [0.2, 0.25) is 0 Å². The fourth-order valence-electron chi connectivity index (χ4n) is 7.40.